The van der Waals surface area contributed by atoms with Gasteiger partial charge in [-0.05, 0) is 30.4 Å². The van der Waals surface area contributed by atoms with Crippen molar-refractivity contribution in [2.75, 3.05) is 6.54 Å². The fraction of sp³-hybridized carbons (Fsp3) is 0.471. The first-order valence-electron chi connectivity index (χ1n) is 7.17. The molecule has 3 rings (SSSR count). The number of hydrogen-bond acceptors (Lipinski definition) is 1. The molecule has 0 radical (unpaired) electrons. The fourth-order valence-electron chi connectivity index (χ4n) is 3.14. The molecule has 1 unspecified atom stereocenters. The summed E-state index contributed by atoms with van der Waals surface area (Å²) < 4.78 is 0. The molecule has 96 valence electrons. The smallest absolute Gasteiger partial charge is 0.0570 e. The van der Waals surface area contributed by atoms with Gasteiger partial charge in [0.1, 0.15) is 0 Å². The average molecular weight is 241 g/mol. The van der Waals surface area contributed by atoms with E-state index in [9.17, 15) is 0 Å². The molecule has 0 bridgehead atoms. The van der Waals surface area contributed by atoms with Crippen molar-refractivity contribution in [3.8, 4) is 0 Å². The zero-order valence-electron chi connectivity index (χ0n) is 11.7. The molecule has 1 aliphatic heterocycles. The molecular weight excluding hydrogens is 218 g/mol. The Morgan fingerprint density at radius 3 is 2.72 bits per heavy atom. The SMILES string of the molecule is CC.CCC12C=CCN=C1CCc1ccccc12. The van der Waals surface area contributed by atoms with Gasteiger partial charge in [0.05, 0.1) is 12.0 Å². The second kappa shape index (κ2) is 5.51. The highest BCUT2D eigenvalue weighted by Crippen LogP contribution is 2.40. The van der Waals surface area contributed by atoms with Crippen LogP contribution in [0.4, 0.5) is 0 Å². The van der Waals surface area contributed by atoms with Crippen LogP contribution in [0.3, 0.4) is 0 Å². The minimum atomic E-state index is 0.118. The Labute approximate surface area is 111 Å². The summed E-state index contributed by atoms with van der Waals surface area (Å²) in [6, 6.07) is 8.85. The molecule has 1 heterocycles. The number of rotatable bonds is 1. The van der Waals surface area contributed by atoms with Crippen molar-refractivity contribution < 1.29 is 0 Å². The molecule has 1 nitrogen and oxygen atoms in total. The monoisotopic (exact) mass is 241 g/mol. The molecule has 0 saturated carbocycles. The third-order valence-corrected chi connectivity index (χ3v) is 3.99. The predicted molar refractivity (Wildman–Crippen MR) is 79.5 cm³/mol. The number of allylic oxidation sites excluding steroid dienone is 1. The number of dihydropyridines is 1. The molecule has 0 N–H and O–H groups in total. The summed E-state index contributed by atoms with van der Waals surface area (Å²) in [5, 5.41) is 0. The molecule has 0 amide bonds. The Kier molecular flexibility index (Phi) is 4.00. The maximum Gasteiger partial charge on any atom is 0.0570 e. The van der Waals surface area contributed by atoms with Gasteiger partial charge in [-0.15, -0.1) is 0 Å². The van der Waals surface area contributed by atoms with Crippen LogP contribution in [0.5, 0.6) is 0 Å². The summed E-state index contributed by atoms with van der Waals surface area (Å²) in [6.45, 7) is 7.15. The van der Waals surface area contributed by atoms with Crippen molar-refractivity contribution in [1.82, 2.24) is 0 Å². The lowest BCUT2D eigenvalue weighted by molar-refractivity contribution is 0.624. The molecule has 1 atom stereocenters. The highest BCUT2D eigenvalue weighted by Gasteiger charge is 2.38. The molecule has 2 aliphatic rings. The van der Waals surface area contributed by atoms with Crippen molar-refractivity contribution in [1.29, 1.82) is 0 Å². The van der Waals surface area contributed by atoms with E-state index in [0.717, 1.165) is 25.8 Å². The highest BCUT2D eigenvalue weighted by molar-refractivity contribution is 5.99. The average Bonchev–Trinajstić information content (AvgIpc) is 2.49. The number of nitrogens with zero attached hydrogens (tertiary/aromatic N) is 1. The highest BCUT2D eigenvalue weighted by atomic mass is 14.8. The van der Waals surface area contributed by atoms with Crippen LogP contribution in [0.15, 0.2) is 41.4 Å². The van der Waals surface area contributed by atoms with E-state index in [1.54, 1.807) is 0 Å². The van der Waals surface area contributed by atoms with Gasteiger partial charge in [0.25, 0.3) is 0 Å². The summed E-state index contributed by atoms with van der Waals surface area (Å²) in [6.07, 6.45) is 8.02. The van der Waals surface area contributed by atoms with Crippen LogP contribution in [0, 0.1) is 0 Å². The third-order valence-electron chi connectivity index (χ3n) is 3.99. The summed E-state index contributed by atoms with van der Waals surface area (Å²) in [5.74, 6) is 0. The quantitative estimate of drug-likeness (QED) is 0.649. The second-order valence-electron chi connectivity index (χ2n) is 4.67. The van der Waals surface area contributed by atoms with Gasteiger partial charge in [-0.3, -0.25) is 4.99 Å². The summed E-state index contributed by atoms with van der Waals surface area (Å²) in [7, 11) is 0. The molecule has 0 spiro atoms. The zero-order valence-corrected chi connectivity index (χ0v) is 11.7. The van der Waals surface area contributed by atoms with E-state index in [4.69, 9.17) is 4.99 Å². The van der Waals surface area contributed by atoms with Gasteiger partial charge in [0, 0.05) is 5.71 Å². The minimum Gasteiger partial charge on any atom is -0.289 e. The maximum atomic E-state index is 4.72. The number of hydrogen-bond donors (Lipinski definition) is 0. The normalized spacial score (nSPS) is 24.3. The largest absolute Gasteiger partial charge is 0.289 e. The molecular formula is C17H23N. The molecule has 1 aliphatic carbocycles. The van der Waals surface area contributed by atoms with Gasteiger partial charge in [0.2, 0.25) is 0 Å². The van der Waals surface area contributed by atoms with Gasteiger partial charge >= 0.3 is 0 Å². The summed E-state index contributed by atoms with van der Waals surface area (Å²) in [4.78, 5) is 4.72. The lowest BCUT2D eigenvalue weighted by Crippen LogP contribution is -2.39. The predicted octanol–water partition coefficient (Wildman–Crippen LogP) is 4.32. The number of fused-ring (bicyclic) bond motifs is 3. The van der Waals surface area contributed by atoms with E-state index >= 15 is 0 Å². The van der Waals surface area contributed by atoms with E-state index in [-0.39, 0.29) is 5.41 Å². The van der Waals surface area contributed by atoms with Gasteiger partial charge in [-0.25, -0.2) is 0 Å². The van der Waals surface area contributed by atoms with Crippen molar-refractivity contribution in [3.63, 3.8) is 0 Å². The molecule has 18 heavy (non-hydrogen) atoms. The van der Waals surface area contributed by atoms with E-state index in [1.165, 1.54) is 16.8 Å². The van der Waals surface area contributed by atoms with Gasteiger partial charge in [-0.1, -0.05) is 57.2 Å². The van der Waals surface area contributed by atoms with Crippen molar-refractivity contribution in [3.05, 3.63) is 47.5 Å². The Morgan fingerprint density at radius 2 is 1.94 bits per heavy atom. The summed E-state index contributed by atoms with van der Waals surface area (Å²) >= 11 is 0. The van der Waals surface area contributed by atoms with Crippen molar-refractivity contribution in [2.24, 2.45) is 4.99 Å². The van der Waals surface area contributed by atoms with E-state index in [1.807, 2.05) is 13.8 Å². The fourth-order valence-corrected chi connectivity index (χ4v) is 3.14. The first-order chi connectivity index (χ1) is 8.87. The van der Waals surface area contributed by atoms with E-state index < -0.39 is 0 Å². The first kappa shape index (κ1) is 13.1. The standard InChI is InChI=1S/C15H17N.C2H6/c1-2-15-10-5-11-16-14(15)9-8-12-6-3-4-7-13(12)15;1-2/h3-7,10H,2,8-9,11H2,1H3;1-2H3. The zero-order chi connectivity index (χ0) is 13.0. The molecule has 0 aromatic heterocycles. The minimum absolute atomic E-state index is 0.118. The lowest BCUT2D eigenvalue weighted by Gasteiger charge is -2.39. The van der Waals surface area contributed by atoms with Crippen LogP contribution >= 0.6 is 0 Å². The van der Waals surface area contributed by atoms with Crippen LogP contribution in [0.2, 0.25) is 0 Å². The second-order valence-corrected chi connectivity index (χ2v) is 4.67. The maximum absolute atomic E-state index is 4.72. The molecule has 1 heteroatoms. The van der Waals surface area contributed by atoms with Crippen LogP contribution in [0.25, 0.3) is 0 Å². The van der Waals surface area contributed by atoms with Gasteiger partial charge in [-0.2, -0.15) is 0 Å². The molecule has 0 saturated heterocycles. The first-order valence-corrected chi connectivity index (χ1v) is 7.17. The Hall–Kier alpha value is -1.37. The molecule has 1 aromatic carbocycles. The molecule has 0 fully saturated rings. The van der Waals surface area contributed by atoms with Crippen LogP contribution in [0.1, 0.15) is 44.7 Å². The van der Waals surface area contributed by atoms with Crippen LogP contribution in [-0.4, -0.2) is 12.3 Å². The lowest BCUT2D eigenvalue weighted by atomic mass is 9.66. The Balaban J connectivity index is 0.000000574. The van der Waals surface area contributed by atoms with Crippen molar-refractivity contribution >= 4 is 5.71 Å². The number of aliphatic imine (C=N–C) groups is 1. The molecule has 1 aromatic rings. The van der Waals surface area contributed by atoms with Crippen LogP contribution < -0.4 is 0 Å². The van der Waals surface area contributed by atoms with Crippen molar-refractivity contribution in [2.45, 2.75) is 45.4 Å². The Morgan fingerprint density at radius 1 is 1.17 bits per heavy atom. The summed E-state index contributed by atoms with van der Waals surface area (Å²) in [5.41, 5.74) is 4.51. The van der Waals surface area contributed by atoms with E-state index in [2.05, 4.69) is 43.3 Å². The van der Waals surface area contributed by atoms with Gasteiger partial charge < -0.3 is 0 Å². The van der Waals surface area contributed by atoms with Crippen LogP contribution in [-0.2, 0) is 11.8 Å². The number of aryl methyl sites for hydroxylation is 1. The number of benzene rings is 1. The Bertz CT molecular complexity index is 470. The third kappa shape index (κ3) is 1.92. The van der Waals surface area contributed by atoms with E-state index in [0.29, 0.717) is 0 Å². The van der Waals surface area contributed by atoms with Gasteiger partial charge in [0.15, 0.2) is 0 Å². The topological polar surface area (TPSA) is 12.4 Å².